The van der Waals surface area contributed by atoms with E-state index in [1.54, 1.807) is 47.6 Å². The van der Waals surface area contributed by atoms with Gasteiger partial charge in [-0.15, -0.1) is 0 Å². The van der Waals surface area contributed by atoms with Crippen LogP contribution in [-0.4, -0.2) is 47.7 Å². The van der Waals surface area contributed by atoms with Crippen molar-refractivity contribution in [3.8, 4) is 11.5 Å². The summed E-state index contributed by atoms with van der Waals surface area (Å²) in [6.07, 6.45) is -0.198. The number of carboxylic acid groups (broad SMARTS) is 1. The number of esters is 3. The zero-order valence-electron chi connectivity index (χ0n) is 19.5. The summed E-state index contributed by atoms with van der Waals surface area (Å²) in [6, 6.07) is 3.56. The number of carboxylic acids is 1. The van der Waals surface area contributed by atoms with E-state index < -0.39 is 35.5 Å². The molecular weight excluding hydrogens is 418 g/mol. The van der Waals surface area contributed by atoms with E-state index in [0.29, 0.717) is 5.56 Å². The first-order valence-corrected chi connectivity index (χ1v) is 10.6. The molecule has 0 radical (unpaired) electrons. The SMILES string of the molecule is CCC(=O)Oc1ccc(C[C@H](NCC(C)OC(=O)C(C)(C)C)C(=O)O)cc1OC(=O)CC. The highest BCUT2D eigenvalue weighted by molar-refractivity contribution is 5.77. The second-order valence-corrected chi connectivity index (χ2v) is 8.41. The molecule has 1 aromatic rings. The van der Waals surface area contributed by atoms with Gasteiger partial charge in [0.05, 0.1) is 5.41 Å². The largest absolute Gasteiger partial charge is 0.480 e. The minimum atomic E-state index is -1.09. The molecule has 0 aromatic heterocycles. The van der Waals surface area contributed by atoms with Crippen LogP contribution >= 0.6 is 0 Å². The second kappa shape index (κ2) is 12.2. The molecule has 0 saturated heterocycles. The van der Waals surface area contributed by atoms with Gasteiger partial charge in [-0.25, -0.2) is 0 Å². The number of rotatable bonds is 11. The Kier molecular flexibility index (Phi) is 10.3. The summed E-state index contributed by atoms with van der Waals surface area (Å²) in [5, 5.41) is 12.5. The van der Waals surface area contributed by atoms with Gasteiger partial charge in [0.2, 0.25) is 0 Å². The van der Waals surface area contributed by atoms with Gasteiger partial charge in [-0.2, -0.15) is 0 Å². The Morgan fingerprint density at radius 1 is 1.00 bits per heavy atom. The van der Waals surface area contributed by atoms with Crippen LogP contribution in [0.4, 0.5) is 0 Å². The highest BCUT2D eigenvalue weighted by Crippen LogP contribution is 2.30. The van der Waals surface area contributed by atoms with Crippen LogP contribution in [0, 0.1) is 5.41 Å². The van der Waals surface area contributed by atoms with Crippen molar-refractivity contribution in [3.63, 3.8) is 0 Å². The molecule has 32 heavy (non-hydrogen) atoms. The number of hydrogen-bond donors (Lipinski definition) is 2. The molecule has 0 aliphatic heterocycles. The van der Waals surface area contributed by atoms with Crippen molar-refractivity contribution in [2.45, 2.75) is 73.0 Å². The molecule has 1 aromatic carbocycles. The highest BCUT2D eigenvalue weighted by Gasteiger charge is 2.26. The molecule has 9 heteroatoms. The first-order chi connectivity index (χ1) is 14.9. The number of nitrogens with one attached hydrogen (secondary N) is 1. The van der Waals surface area contributed by atoms with Crippen LogP contribution in [-0.2, 0) is 30.3 Å². The fourth-order valence-electron chi connectivity index (χ4n) is 2.43. The third kappa shape index (κ3) is 9.05. The lowest BCUT2D eigenvalue weighted by Gasteiger charge is -2.23. The lowest BCUT2D eigenvalue weighted by atomic mass is 9.97. The number of ether oxygens (including phenoxy) is 3. The summed E-state index contributed by atoms with van der Waals surface area (Å²) in [7, 11) is 0. The van der Waals surface area contributed by atoms with Gasteiger partial charge in [-0.05, 0) is 51.8 Å². The monoisotopic (exact) mass is 451 g/mol. The van der Waals surface area contributed by atoms with E-state index in [1.165, 1.54) is 12.1 Å². The average molecular weight is 452 g/mol. The summed E-state index contributed by atoms with van der Waals surface area (Å²) in [6.45, 7) is 10.3. The molecule has 1 unspecified atom stereocenters. The zero-order chi connectivity index (χ0) is 24.5. The maximum Gasteiger partial charge on any atom is 0.321 e. The van der Waals surface area contributed by atoms with E-state index in [-0.39, 0.29) is 43.3 Å². The Morgan fingerprint density at radius 2 is 1.56 bits per heavy atom. The molecule has 0 amide bonds. The molecule has 0 aliphatic carbocycles. The molecule has 0 bridgehead atoms. The molecule has 0 saturated carbocycles. The lowest BCUT2D eigenvalue weighted by Crippen LogP contribution is -2.43. The minimum absolute atomic E-state index is 0.0489. The number of carbonyl (C=O) groups is 4. The van der Waals surface area contributed by atoms with Crippen molar-refractivity contribution in [2.75, 3.05) is 6.54 Å². The average Bonchev–Trinajstić information content (AvgIpc) is 2.71. The Balaban J connectivity index is 2.93. The van der Waals surface area contributed by atoms with E-state index in [4.69, 9.17) is 14.2 Å². The van der Waals surface area contributed by atoms with Gasteiger partial charge in [0.15, 0.2) is 11.5 Å². The summed E-state index contributed by atoms with van der Waals surface area (Å²) in [4.78, 5) is 47.1. The maximum absolute atomic E-state index is 12.0. The Hall–Kier alpha value is -2.94. The smallest absolute Gasteiger partial charge is 0.321 e. The van der Waals surface area contributed by atoms with Crippen LogP contribution in [0.1, 0.15) is 59.9 Å². The molecule has 0 heterocycles. The number of benzene rings is 1. The molecule has 0 spiro atoms. The minimum Gasteiger partial charge on any atom is -0.480 e. The lowest BCUT2D eigenvalue weighted by molar-refractivity contribution is -0.157. The molecule has 1 rings (SSSR count). The predicted molar refractivity (Wildman–Crippen MR) is 116 cm³/mol. The van der Waals surface area contributed by atoms with E-state index in [1.807, 2.05) is 0 Å². The van der Waals surface area contributed by atoms with E-state index in [2.05, 4.69) is 5.32 Å². The standard InChI is InChI=1S/C23H33NO8/c1-7-19(25)31-17-10-9-15(12-18(17)32-20(26)8-2)11-16(21(27)28)24-13-14(3)30-22(29)23(4,5)6/h9-10,12,14,16,24H,7-8,11,13H2,1-6H3,(H,27,28)/t14?,16-/m0/s1. The van der Waals surface area contributed by atoms with Gasteiger partial charge < -0.3 is 24.6 Å². The maximum atomic E-state index is 12.0. The molecular formula is C23H33NO8. The third-order valence-corrected chi connectivity index (χ3v) is 4.34. The number of carbonyl (C=O) groups excluding carboxylic acids is 3. The van der Waals surface area contributed by atoms with Gasteiger partial charge in [-0.1, -0.05) is 19.9 Å². The third-order valence-electron chi connectivity index (χ3n) is 4.34. The Morgan fingerprint density at radius 3 is 2.06 bits per heavy atom. The Labute approximate surface area is 188 Å². The predicted octanol–water partition coefficient (Wildman–Crippen LogP) is 2.88. The van der Waals surface area contributed by atoms with Gasteiger partial charge in [0.1, 0.15) is 12.1 Å². The van der Waals surface area contributed by atoms with Crippen molar-refractivity contribution in [3.05, 3.63) is 23.8 Å². The van der Waals surface area contributed by atoms with Crippen molar-refractivity contribution < 1.29 is 38.5 Å². The van der Waals surface area contributed by atoms with Crippen molar-refractivity contribution in [1.82, 2.24) is 5.32 Å². The summed E-state index contributed by atoms with van der Waals surface area (Å²) in [5.41, 5.74) is -0.102. The summed E-state index contributed by atoms with van der Waals surface area (Å²) >= 11 is 0. The first kappa shape index (κ1) is 27.1. The molecule has 0 aliphatic rings. The number of hydrogen-bond acceptors (Lipinski definition) is 8. The van der Waals surface area contributed by atoms with Crippen LogP contribution in [0.25, 0.3) is 0 Å². The quantitative estimate of drug-likeness (QED) is 0.385. The van der Waals surface area contributed by atoms with Crippen LogP contribution in [0.3, 0.4) is 0 Å². The summed E-state index contributed by atoms with van der Waals surface area (Å²) in [5.74, 6) is -2.34. The Bertz CT molecular complexity index is 828. The zero-order valence-corrected chi connectivity index (χ0v) is 19.5. The fourth-order valence-corrected chi connectivity index (χ4v) is 2.43. The van der Waals surface area contributed by atoms with Gasteiger partial charge in [-0.3, -0.25) is 19.2 Å². The van der Waals surface area contributed by atoms with Crippen LogP contribution in [0.2, 0.25) is 0 Å². The highest BCUT2D eigenvalue weighted by atomic mass is 16.6. The van der Waals surface area contributed by atoms with Crippen molar-refractivity contribution >= 4 is 23.9 Å². The second-order valence-electron chi connectivity index (χ2n) is 8.41. The van der Waals surface area contributed by atoms with E-state index >= 15 is 0 Å². The molecule has 178 valence electrons. The fraction of sp³-hybridized carbons (Fsp3) is 0.565. The van der Waals surface area contributed by atoms with E-state index in [0.717, 1.165) is 0 Å². The normalized spacial score (nSPS) is 13.1. The van der Waals surface area contributed by atoms with Crippen molar-refractivity contribution in [1.29, 1.82) is 0 Å². The van der Waals surface area contributed by atoms with Crippen molar-refractivity contribution in [2.24, 2.45) is 5.41 Å². The van der Waals surface area contributed by atoms with Gasteiger partial charge in [0, 0.05) is 19.4 Å². The topological polar surface area (TPSA) is 128 Å². The summed E-state index contributed by atoms with van der Waals surface area (Å²) < 4.78 is 15.8. The van der Waals surface area contributed by atoms with Crippen LogP contribution in [0.15, 0.2) is 18.2 Å². The molecule has 2 N–H and O–H groups in total. The van der Waals surface area contributed by atoms with Crippen LogP contribution < -0.4 is 14.8 Å². The molecule has 0 fully saturated rings. The number of aliphatic carboxylic acids is 1. The van der Waals surface area contributed by atoms with Crippen LogP contribution in [0.5, 0.6) is 11.5 Å². The molecule has 2 atom stereocenters. The molecule has 9 nitrogen and oxygen atoms in total. The first-order valence-electron chi connectivity index (χ1n) is 10.6. The van der Waals surface area contributed by atoms with E-state index in [9.17, 15) is 24.3 Å². The van der Waals surface area contributed by atoms with Gasteiger partial charge in [0.25, 0.3) is 0 Å². The van der Waals surface area contributed by atoms with Gasteiger partial charge >= 0.3 is 23.9 Å².